The molecule has 0 aliphatic rings. The van der Waals surface area contributed by atoms with E-state index in [-0.39, 0.29) is 5.95 Å². The van der Waals surface area contributed by atoms with Crippen LogP contribution in [0.4, 0.5) is 11.8 Å². The molecule has 0 saturated heterocycles. The molecule has 2 aromatic heterocycles. The standard InChI is InChI=1S/C10H15N7/c1-3-17-6-14-16-8(17)5-12-9-7(2)4-13-10(11)15-9/h4,6H,3,5H2,1-2H3,(H3,11,12,13,15). The Bertz CT molecular complexity index is 505. The van der Waals surface area contributed by atoms with Crippen molar-refractivity contribution in [3.05, 3.63) is 23.9 Å². The zero-order valence-electron chi connectivity index (χ0n) is 9.88. The lowest BCUT2D eigenvalue weighted by Crippen LogP contribution is -2.10. The fourth-order valence-electron chi connectivity index (χ4n) is 1.48. The number of rotatable bonds is 4. The molecule has 0 fully saturated rings. The zero-order valence-corrected chi connectivity index (χ0v) is 9.88. The van der Waals surface area contributed by atoms with E-state index in [1.165, 1.54) is 0 Å². The molecule has 90 valence electrons. The van der Waals surface area contributed by atoms with Gasteiger partial charge in [0.15, 0.2) is 5.82 Å². The summed E-state index contributed by atoms with van der Waals surface area (Å²) < 4.78 is 1.97. The highest BCUT2D eigenvalue weighted by atomic mass is 15.3. The molecule has 0 aliphatic carbocycles. The van der Waals surface area contributed by atoms with Gasteiger partial charge in [0, 0.05) is 18.3 Å². The second-order valence-electron chi connectivity index (χ2n) is 3.65. The lowest BCUT2D eigenvalue weighted by Gasteiger charge is -2.08. The Morgan fingerprint density at radius 3 is 3.06 bits per heavy atom. The number of aromatic nitrogens is 5. The van der Waals surface area contributed by atoms with E-state index in [4.69, 9.17) is 5.73 Å². The smallest absolute Gasteiger partial charge is 0.221 e. The summed E-state index contributed by atoms with van der Waals surface area (Å²) in [6.45, 7) is 5.37. The van der Waals surface area contributed by atoms with E-state index in [0.29, 0.717) is 6.54 Å². The second-order valence-corrected chi connectivity index (χ2v) is 3.65. The number of hydrogen-bond acceptors (Lipinski definition) is 6. The van der Waals surface area contributed by atoms with E-state index < -0.39 is 0 Å². The number of nitrogen functional groups attached to an aromatic ring is 1. The summed E-state index contributed by atoms with van der Waals surface area (Å²) in [5, 5.41) is 11.1. The minimum absolute atomic E-state index is 0.259. The van der Waals surface area contributed by atoms with E-state index in [1.54, 1.807) is 12.5 Å². The Balaban J connectivity index is 2.09. The van der Waals surface area contributed by atoms with Crippen LogP contribution in [0.3, 0.4) is 0 Å². The molecule has 3 N–H and O–H groups in total. The van der Waals surface area contributed by atoms with Crippen molar-refractivity contribution in [3.8, 4) is 0 Å². The Labute approximate surface area is 99.1 Å². The molecular formula is C10H15N7. The van der Waals surface area contributed by atoms with Gasteiger partial charge in [-0.1, -0.05) is 0 Å². The van der Waals surface area contributed by atoms with Crippen LogP contribution < -0.4 is 11.1 Å². The molecule has 0 aromatic carbocycles. The summed E-state index contributed by atoms with van der Waals surface area (Å²) in [6.07, 6.45) is 3.40. The van der Waals surface area contributed by atoms with Gasteiger partial charge in [0.1, 0.15) is 12.1 Å². The van der Waals surface area contributed by atoms with Crippen molar-refractivity contribution in [2.75, 3.05) is 11.1 Å². The fraction of sp³-hybridized carbons (Fsp3) is 0.400. The number of nitrogens with two attached hydrogens (primary N) is 1. The van der Waals surface area contributed by atoms with Gasteiger partial charge < -0.3 is 15.6 Å². The molecule has 2 aromatic rings. The Morgan fingerprint density at radius 1 is 1.47 bits per heavy atom. The Kier molecular flexibility index (Phi) is 3.17. The van der Waals surface area contributed by atoms with Gasteiger partial charge in [0.05, 0.1) is 6.54 Å². The number of hydrogen-bond donors (Lipinski definition) is 2. The first-order chi connectivity index (χ1) is 8.20. The van der Waals surface area contributed by atoms with E-state index in [0.717, 1.165) is 23.8 Å². The summed E-state index contributed by atoms with van der Waals surface area (Å²) in [4.78, 5) is 8.04. The third-order valence-electron chi connectivity index (χ3n) is 2.44. The number of aryl methyl sites for hydroxylation is 2. The van der Waals surface area contributed by atoms with Crippen molar-refractivity contribution >= 4 is 11.8 Å². The molecule has 0 unspecified atom stereocenters. The SMILES string of the molecule is CCn1cnnc1CNc1nc(N)ncc1C. The molecule has 2 rings (SSSR count). The molecule has 7 nitrogen and oxygen atoms in total. The van der Waals surface area contributed by atoms with E-state index in [2.05, 4.69) is 25.5 Å². The van der Waals surface area contributed by atoms with Gasteiger partial charge >= 0.3 is 0 Å². The van der Waals surface area contributed by atoms with Crippen molar-refractivity contribution in [1.29, 1.82) is 0 Å². The summed E-state index contributed by atoms with van der Waals surface area (Å²) in [5.74, 6) is 1.85. The first-order valence-corrected chi connectivity index (χ1v) is 5.40. The third-order valence-corrected chi connectivity index (χ3v) is 2.44. The number of nitrogens with one attached hydrogen (secondary N) is 1. The van der Waals surface area contributed by atoms with Gasteiger partial charge in [0.2, 0.25) is 5.95 Å². The van der Waals surface area contributed by atoms with Crippen LogP contribution in [0, 0.1) is 6.92 Å². The van der Waals surface area contributed by atoms with Gasteiger partial charge in [-0.25, -0.2) is 4.98 Å². The molecule has 0 atom stereocenters. The summed E-state index contributed by atoms with van der Waals surface area (Å²) in [5.41, 5.74) is 6.48. The Hall–Kier alpha value is -2.18. The molecule has 0 saturated carbocycles. The van der Waals surface area contributed by atoms with Crippen LogP contribution in [0.15, 0.2) is 12.5 Å². The lowest BCUT2D eigenvalue weighted by molar-refractivity contribution is 0.707. The minimum Gasteiger partial charge on any atom is -0.368 e. The molecule has 0 aliphatic heterocycles. The van der Waals surface area contributed by atoms with Crippen molar-refractivity contribution in [1.82, 2.24) is 24.7 Å². The maximum absolute atomic E-state index is 5.54. The van der Waals surface area contributed by atoms with E-state index >= 15 is 0 Å². The van der Waals surface area contributed by atoms with Crippen molar-refractivity contribution in [2.45, 2.75) is 26.9 Å². The average Bonchev–Trinajstić information content (AvgIpc) is 2.77. The highest BCUT2D eigenvalue weighted by molar-refractivity contribution is 5.44. The molecule has 0 spiro atoms. The van der Waals surface area contributed by atoms with Crippen LogP contribution in [0.5, 0.6) is 0 Å². The fourth-order valence-corrected chi connectivity index (χ4v) is 1.48. The lowest BCUT2D eigenvalue weighted by atomic mass is 10.3. The molecule has 0 bridgehead atoms. The van der Waals surface area contributed by atoms with Crippen molar-refractivity contribution in [3.63, 3.8) is 0 Å². The summed E-state index contributed by atoms with van der Waals surface area (Å²) in [7, 11) is 0. The normalized spacial score (nSPS) is 10.5. The summed E-state index contributed by atoms with van der Waals surface area (Å²) >= 11 is 0. The third kappa shape index (κ3) is 2.49. The first-order valence-electron chi connectivity index (χ1n) is 5.40. The van der Waals surface area contributed by atoms with Gasteiger partial charge in [-0.15, -0.1) is 10.2 Å². The first kappa shape index (κ1) is 11.3. The van der Waals surface area contributed by atoms with E-state index in [1.807, 2.05) is 18.4 Å². The van der Waals surface area contributed by atoms with Gasteiger partial charge in [-0.05, 0) is 13.8 Å². The van der Waals surface area contributed by atoms with Gasteiger partial charge in [0.25, 0.3) is 0 Å². The summed E-state index contributed by atoms with van der Waals surface area (Å²) in [6, 6.07) is 0. The average molecular weight is 233 g/mol. The van der Waals surface area contributed by atoms with Crippen molar-refractivity contribution < 1.29 is 0 Å². The highest BCUT2D eigenvalue weighted by Crippen LogP contribution is 2.11. The monoisotopic (exact) mass is 233 g/mol. The molecular weight excluding hydrogens is 218 g/mol. The molecule has 7 heteroatoms. The minimum atomic E-state index is 0.259. The van der Waals surface area contributed by atoms with Crippen LogP contribution in [-0.4, -0.2) is 24.7 Å². The van der Waals surface area contributed by atoms with Crippen LogP contribution in [0.25, 0.3) is 0 Å². The number of nitrogens with zero attached hydrogens (tertiary/aromatic N) is 5. The molecule has 0 amide bonds. The molecule has 2 heterocycles. The maximum Gasteiger partial charge on any atom is 0.221 e. The predicted molar refractivity (Wildman–Crippen MR) is 64.2 cm³/mol. The second kappa shape index (κ2) is 4.77. The molecule has 0 radical (unpaired) electrons. The number of anilines is 2. The molecule has 17 heavy (non-hydrogen) atoms. The van der Waals surface area contributed by atoms with Crippen LogP contribution in [-0.2, 0) is 13.1 Å². The van der Waals surface area contributed by atoms with Gasteiger partial charge in [-0.3, -0.25) is 0 Å². The van der Waals surface area contributed by atoms with Gasteiger partial charge in [-0.2, -0.15) is 4.98 Å². The predicted octanol–water partition coefficient (Wildman–Crippen LogP) is 0.591. The van der Waals surface area contributed by atoms with Crippen LogP contribution >= 0.6 is 0 Å². The largest absolute Gasteiger partial charge is 0.368 e. The highest BCUT2D eigenvalue weighted by Gasteiger charge is 2.05. The van der Waals surface area contributed by atoms with Crippen molar-refractivity contribution in [2.24, 2.45) is 0 Å². The van der Waals surface area contributed by atoms with E-state index in [9.17, 15) is 0 Å². The zero-order chi connectivity index (χ0) is 12.3. The van der Waals surface area contributed by atoms with Crippen LogP contribution in [0.1, 0.15) is 18.3 Å². The quantitative estimate of drug-likeness (QED) is 0.802. The maximum atomic E-state index is 5.54. The Morgan fingerprint density at radius 2 is 2.29 bits per heavy atom. The topological polar surface area (TPSA) is 94.5 Å². The van der Waals surface area contributed by atoms with Crippen LogP contribution in [0.2, 0.25) is 0 Å².